The standard InChI is InChI=1S/C9H10N2O/c10-4-9-6-2-1-3-8(11)7(6)5-12-9/h1-3,5H,4,10-11H2. The van der Waals surface area contributed by atoms with Gasteiger partial charge in [-0.25, -0.2) is 0 Å². The van der Waals surface area contributed by atoms with Crippen LogP contribution in [0.2, 0.25) is 0 Å². The molecule has 0 spiro atoms. The highest BCUT2D eigenvalue weighted by Gasteiger charge is 2.05. The zero-order valence-corrected chi connectivity index (χ0v) is 6.58. The van der Waals surface area contributed by atoms with E-state index in [0.717, 1.165) is 22.2 Å². The zero-order valence-electron chi connectivity index (χ0n) is 6.58. The SMILES string of the molecule is NCc1occ2c(N)cccc12. The van der Waals surface area contributed by atoms with Gasteiger partial charge in [-0.05, 0) is 6.07 Å². The molecule has 0 aliphatic rings. The molecule has 0 aliphatic carbocycles. The number of rotatable bonds is 1. The summed E-state index contributed by atoms with van der Waals surface area (Å²) in [5.41, 5.74) is 11.9. The van der Waals surface area contributed by atoms with Gasteiger partial charge in [0.15, 0.2) is 0 Å². The summed E-state index contributed by atoms with van der Waals surface area (Å²) in [5.74, 6) is 0.789. The van der Waals surface area contributed by atoms with Crippen molar-refractivity contribution < 1.29 is 4.42 Å². The van der Waals surface area contributed by atoms with E-state index in [1.165, 1.54) is 0 Å². The van der Waals surface area contributed by atoms with Crippen molar-refractivity contribution in [2.45, 2.75) is 6.54 Å². The average Bonchev–Trinajstić information content (AvgIpc) is 2.49. The highest BCUT2D eigenvalue weighted by Crippen LogP contribution is 2.25. The first kappa shape index (κ1) is 7.18. The number of nitrogens with two attached hydrogens (primary N) is 2. The van der Waals surface area contributed by atoms with Gasteiger partial charge in [0, 0.05) is 16.5 Å². The Morgan fingerprint density at radius 3 is 2.83 bits per heavy atom. The molecular weight excluding hydrogens is 152 g/mol. The van der Waals surface area contributed by atoms with Gasteiger partial charge < -0.3 is 15.9 Å². The van der Waals surface area contributed by atoms with Crippen LogP contribution >= 0.6 is 0 Å². The van der Waals surface area contributed by atoms with Gasteiger partial charge in [0.05, 0.1) is 6.54 Å². The first-order valence-corrected chi connectivity index (χ1v) is 3.77. The normalized spacial score (nSPS) is 10.8. The van der Waals surface area contributed by atoms with Crippen molar-refractivity contribution >= 4 is 16.5 Å². The van der Waals surface area contributed by atoms with E-state index in [2.05, 4.69) is 0 Å². The van der Waals surface area contributed by atoms with E-state index in [-0.39, 0.29) is 0 Å². The monoisotopic (exact) mass is 162 g/mol. The summed E-state index contributed by atoms with van der Waals surface area (Å²) in [5, 5.41) is 1.95. The van der Waals surface area contributed by atoms with Crippen LogP contribution < -0.4 is 11.5 Å². The van der Waals surface area contributed by atoms with Crippen molar-refractivity contribution in [1.29, 1.82) is 0 Å². The van der Waals surface area contributed by atoms with Crippen LogP contribution in [0.25, 0.3) is 10.8 Å². The maximum Gasteiger partial charge on any atom is 0.125 e. The molecule has 3 nitrogen and oxygen atoms in total. The second-order valence-corrected chi connectivity index (χ2v) is 2.67. The maximum atomic E-state index is 5.72. The second-order valence-electron chi connectivity index (χ2n) is 2.67. The Bertz CT molecular complexity index is 406. The summed E-state index contributed by atoms with van der Waals surface area (Å²) in [6.07, 6.45) is 1.65. The number of benzene rings is 1. The first-order valence-electron chi connectivity index (χ1n) is 3.77. The molecule has 62 valence electrons. The van der Waals surface area contributed by atoms with Gasteiger partial charge in [0.25, 0.3) is 0 Å². The minimum Gasteiger partial charge on any atom is -0.467 e. The molecule has 0 saturated carbocycles. The molecule has 2 rings (SSSR count). The van der Waals surface area contributed by atoms with Crippen LogP contribution in [0.15, 0.2) is 28.9 Å². The van der Waals surface area contributed by atoms with Crippen molar-refractivity contribution in [2.24, 2.45) is 5.73 Å². The molecule has 0 radical (unpaired) electrons. The number of furan rings is 1. The Morgan fingerprint density at radius 1 is 1.25 bits per heavy atom. The first-order chi connectivity index (χ1) is 5.83. The van der Waals surface area contributed by atoms with E-state index in [1.807, 2.05) is 18.2 Å². The Balaban J connectivity index is 2.80. The number of nitrogen functional groups attached to an aromatic ring is 1. The Hall–Kier alpha value is -1.48. The summed E-state index contributed by atoms with van der Waals surface area (Å²) in [6.45, 7) is 0.410. The average molecular weight is 162 g/mol. The van der Waals surface area contributed by atoms with Crippen LogP contribution in [0.3, 0.4) is 0 Å². The molecule has 3 heteroatoms. The topological polar surface area (TPSA) is 65.2 Å². The van der Waals surface area contributed by atoms with E-state index in [1.54, 1.807) is 6.26 Å². The van der Waals surface area contributed by atoms with Gasteiger partial charge in [0.1, 0.15) is 12.0 Å². The predicted molar refractivity (Wildman–Crippen MR) is 48.5 cm³/mol. The van der Waals surface area contributed by atoms with Crippen molar-refractivity contribution in [3.63, 3.8) is 0 Å². The number of hydrogen-bond donors (Lipinski definition) is 2. The number of hydrogen-bond acceptors (Lipinski definition) is 3. The summed E-state index contributed by atoms with van der Waals surface area (Å²) in [7, 11) is 0. The Morgan fingerprint density at radius 2 is 2.08 bits per heavy atom. The smallest absolute Gasteiger partial charge is 0.125 e. The maximum absolute atomic E-state index is 5.72. The molecular formula is C9H10N2O. The highest BCUT2D eigenvalue weighted by atomic mass is 16.3. The zero-order chi connectivity index (χ0) is 8.55. The van der Waals surface area contributed by atoms with Gasteiger partial charge in [-0.3, -0.25) is 0 Å². The third-order valence-corrected chi connectivity index (χ3v) is 1.94. The summed E-state index contributed by atoms with van der Waals surface area (Å²) in [6, 6.07) is 5.70. The summed E-state index contributed by atoms with van der Waals surface area (Å²) >= 11 is 0. The predicted octanol–water partition coefficient (Wildman–Crippen LogP) is 1.47. The molecule has 2 aromatic rings. The molecule has 1 aromatic heterocycles. The molecule has 0 aliphatic heterocycles. The quantitative estimate of drug-likeness (QED) is 0.624. The molecule has 4 N–H and O–H groups in total. The highest BCUT2D eigenvalue weighted by molar-refractivity contribution is 5.93. The Labute approximate surface area is 70.0 Å². The van der Waals surface area contributed by atoms with Crippen molar-refractivity contribution in [1.82, 2.24) is 0 Å². The molecule has 0 unspecified atom stereocenters. The fourth-order valence-electron chi connectivity index (χ4n) is 1.31. The van der Waals surface area contributed by atoms with Gasteiger partial charge in [-0.1, -0.05) is 12.1 Å². The minimum atomic E-state index is 0.410. The lowest BCUT2D eigenvalue weighted by Gasteiger charge is -1.94. The number of anilines is 1. The lowest BCUT2D eigenvalue weighted by molar-refractivity contribution is 0.518. The largest absolute Gasteiger partial charge is 0.467 e. The van der Waals surface area contributed by atoms with Crippen LogP contribution in [0.4, 0.5) is 5.69 Å². The molecule has 0 saturated heterocycles. The fraction of sp³-hybridized carbons (Fsp3) is 0.111. The minimum absolute atomic E-state index is 0.410. The van der Waals surface area contributed by atoms with Gasteiger partial charge in [-0.2, -0.15) is 0 Å². The molecule has 1 heterocycles. The summed E-state index contributed by atoms with van der Waals surface area (Å²) < 4.78 is 5.24. The van der Waals surface area contributed by atoms with E-state index in [0.29, 0.717) is 6.54 Å². The molecule has 0 bridgehead atoms. The van der Waals surface area contributed by atoms with E-state index >= 15 is 0 Å². The van der Waals surface area contributed by atoms with Gasteiger partial charge in [0.2, 0.25) is 0 Å². The van der Waals surface area contributed by atoms with E-state index in [4.69, 9.17) is 15.9 Å². The van der Waals surface area contributed by atoms with Crippen molar-refractivity contribution in [2.75, 3.05) is 5.73 Å². The van der Waals surface area contributed by atoms with Gasteiger partial charge >= 0.3 is 0 Å². The van der Waals surface area contributed by atoms with Gasteiger partial charge in [-0.15, -0.1) is 0 Å². The Kier molecular flexibility index (Phi) is 1.52. The van der Waals surface area contributed by atoms with Crippen LogP contribution in [0.5, 0.6) is 0 Å². The van der Waals surface area contributed by atoms with Crippen LogP contribution in [0, 0.1) is 0 Å². The molecule has 12 heavy (non-hydrogen) atoms. The van der Waals surface area contributed by atoms with Crippen LogP contribution in [-0.4, -0.2) is 0 Å². The van der Waals surface area contributed by atoms with E-state index in [9.17, 15) is 0 Å². The number of fused-ring (bicyclic) bond motifs is 1. The van der Waals surface area contributed by atoms with Crippen molar-refractivity contribution in [3.05, 3.63) is 30.2 Å². The van der Waals surface area contributed by atoms with E-state index < -0.39 is 0 Å². The molecule has 0 atom stereocenters. The molecule has 0 amide bonds. The summed E-state index contributed by atoms with van der Waals surface area (Å²) in [4.78, 5) is 0. The fourth-order valence-corrected chi connectivity index (χ4v) is 1.31. The molecule has 0 fully saturated rings. The third kappa shape index (κ3) is 0.871. The van der Waals surface area contributed by atoms with Crippen LogP contribution in [-0.2, 0) is 6.54 Å². The molecule has 1 aromatic carbocycles. The van der Waals surface area contributed by atoms with Crippen molar-refractivity contribution in [3.8, 4) is 0 Å². The third-order valence-electron chi connectivity index (χ3n) is 1.94. The second kappa shape index (κ2) is 2.53. The van der Waals surface area contributed by atoms with Crippen LogP contribution in [0.1, 0.15) is 5.76 Å². The lowest BCUT2D eigenvalue weighted by Crippen LogP contribution is -1.94. The lowest BCUT2D eigenvalue weighted by atomic mass is 10.1.